The summed E-state index contributed by atoms with van der Waals surface area (Å²) in [6.45, 7) is 7.12. The molecular formula is C32H31F2N5. The third-order valence-electron chi connectivity index (χ3n) is 9.43. The van der Waals surface area contributed by atoms with Gasteiger partial charge in [0.2, 0.25) is 0 Å². The summed E-state index contributed by atoms with van der Waals surface area (Å²) in [4.78, 5) is 9.84. The molecule has 1 saturated carbocycles. The fourth-order valence-electron chi connectivity index (χ4n) is 7.32. The van der Waals surface area contributed by atoms with Gasteiger partial charge in [-0.05, 0) is 79.5 Å². The molecule has 0 bridgehead atoms. The number of para-hydroxylation sites is 1. The van der Waals surface area contributed by atoms with Crippen LogP contribution in [-0.2, 0) is 30.5 Å². The topological polar surface area (TPSA) is 49.7 Å². The van der Waals surface area contributed by atoms with Gasteiger partial charge in [-0.3, -0.25) is 0 Å². The van der Waals surface area contributed by atoms with Gasteiger partial charge in [0.1, 0.15) is 0 Å². The molecular weight excluding hydrogens is 492 g/mol. The highest BCUT2D eigenvalue weighted by atomic mass is 19.1. The molecule has 0 saturated heterocycles. The molecule has 1 N–H and O–H groups in total. The number of anilines is 1. The molecule has 39 heavy (non-hydrogen) atoms. The van der Waals surface area contributed by atoms with Crippen LogP contribution in [0.25, 0.3) is 11.3 Å². The van der Waals surface area contributed by atoms with Gasteiger partial charge < -0.3 is 9.88 Å². The van der Waals surface area contributed by atoms with Crippen LogP contribution in [0.5, 0.6) is 0 Å². The SMILES string of the molecule is CCc1cccc2c1-n1nc3c(c1C1(C)C2=CC(C)(F)c2[nH]ccc21)CN(c1ncc(C2CC2)cc1F)CC3. The second-order valence-electron chi connectivity index (χ2n) is 11.9. The van der Waals surface area contributed by atoms with Crippen molar-refractivity contribution in [1.82, 2.24) is 19.7 Å². The van der Waals surface area contributed by atoms with Crippen molar-refractivity contribution >= 4 is 11.4 Å². The Kier molecular flexibility index (Phi) is 4.56. The number of nitrogens with zero attached hydrogens (tertiary/aromatic N) is 4. The van der Waals surface area contributed by atoms with Crippen molar-refractivity contribution in [3.05, 3.63) is 99.5 Å². The van der Waals surface area contributed by atoms with Gasteiger partial charge in [0.15, 0.2) is 17.3 Å². The van der Waals surface area contributed by atoms with Crippen LogP contribution in [0.2, 0.25) is 0 Å². The van der Waals surface area contributed by atoms with E-state index in [2.05, 4.69) is 46.7 Å². The third kappa shape index (κ3) is 3.04. The zero-order valence-electron chi connectivity index (χ0n) is 22.5. The molecule has 4 aliphatic rings. The largest absolute Gasteiger partial charge is 0.362 e. The summed E-state index contributed by atoms with van der Waals surface area (Å²) < 4.78 is 33.7. The summed E-state index contributed by atoms with van der Waals surface area (Å²) in [5.74, 6) is 0.601. The number of halogens is 2. The number of nitrogens with one attached hydrogen (secondary N) is 1. The number of fused-ring (bicyclic) bond motifs is 10. The van der Waals surface area contributed by atoms with Crippen molar-refractivity contribution in [2.75, 3.05) is 11.4 Å². The van der Waals surface area contributed by atoms with E-state index in [1.165, 1.54) is 5.56 Å². The second-order valence-corrected chi connectivity index (χ2v) is 11.9. The van der Waals surface area contributed by atoms with Crippen LogP contribution < -0.4 is 4.90 Å². The number of rotatable bonds is 3. The highest BCUT2D eigenvalue weighted by Crippen LogP contribution is 2.58. The fourth-order valence-corrected chi connectivity index (χ4v) is 7.32. The second kappa shape index (κ2) is 7.68. The molecule has 198 valence electrons. The molecule has 0 radical (unpaired) electrons. The highest BCUT2D eigenvalue weighted by molar-refractivity contribution is 5.89. The van der Waals surface area contributed by atoms with Crippen molar-refractivity contribution in [3.63, 3.8) is 0 Å². The lowest BCUT2D eigenvalue weighted by molar-refractivity contribution is 0.248. The predicted octanol–water partition coefficient (Wildman–Crippen LogP) is 6.64. The Bertz CT molecular complexity index is 1710. The first-order valence-electron chi connectivity index (χ1n) is 14.1. The standard InChI is InChI=1S/C32H31F2N5/c1-4-18-6-5-7-21-24-15-31(2,34)28-23(10-12-35-28)32(24,3)29-22-17-38(13-11-26(22)37-39(29)27(18)21)30-25(33)14-20(16-36-30)19-8-9-19/h5-7,10,12,14-16,19,35H,4,8-9,11,13,17H2,1-3H3. The first kappa shape index (κ1) is 23.2. The molecule has 0 spiro atoms. The smallest absolute Gasteiger partial charge is 0.166 e. The van der Waals surface area contributed by atoms with Crippen LogP contribution in [-0.4, -0.2) is 26.3 Å². The number of aryl methyl sites for hydroxylation is 1. The van der Waals surface area contributed by atoms with Gasteiger partial charge in [0.25, 0.3) is 0 Å². The van der Waals surface area contributed by atoms with E-state index in [1.807, 2.05) is 23.4 Å². The van der Waals surface area contributed by atoms with Crippen LogP contribution >= 0.6 is 0 Å². The Hall–Kier alpha value is -3.74. The maximum atomic E-state index is 16.2. The van der Waals surface area contributed by atoms with Crippen molar-refractivity contribution in [1.29, 1.82) is 0 Å². The molecule has 3 aromatic heterocycles. The summed E-state index contributed by atoms with van der Waals surface area (Å²) in [7, 11) is 0. The van der Waals surface area contributed by atoms with Gasteiger partial charge in [-0.25, -0.2) is 18.4 Å². The van der Waals surface area contributed by atoms with Gasteiger partial charge in [-0.2, -0.15) is 5.10 Å². The molecule has 1 fully saturated rings. The summed E-state index contributed by atoms with van der Waals surface area (Å²) in [5, 5.41) is 5.21. The van der Waals surface area contributed by atoms with Gasteiger partial charge in [-0.1, -0.05) is 25.1 Å². The minimum absolute atomic E-state index is 0.256. The number of H-pyrrole nitrogens is 1. The van der Waals surface area contributed by atoms with Crippen LogP contribution in [0.1, 0.15) is 84.4 Å². The van der Waals surface area contributed by atoms with Crippen molar-refractivity contribution in [2.24, 2.45) is 0 Å². The molecule has 7 heteroatoms. The van der Waals surface area contributed by atoms with E-state index < -0.39 is 11.1 Å². The lowest BCUT2D eigenvalue weighted by Crippen LogP contribution is -2.41. The van der Waals surface area contributed by atoms with Crippen LogP contribution in [0.15, 0.2) is 48.8 Å². The first-order chi connectivity index (χ1) is 18.8. The molecule has 4 aromatic rings. The summed E-state index contributed by atoms with van der Waals surface area (Å²) in [6.07, 6.45) is 9.25. The monoisotopic (exact) mass is 523 g/mol. The average Bonchev–Trinajstić information content (AvgIpc) is 3.50. The average molecular weight is 524 g/mol. The van der Waals surface area contributed by atoms with Gasteiger partial charge >= 0.3 is 0 Å². The number of pyridine rings is 1. The van der Waals surface area contributed by atoms with E-state index in [-0.39, 0.29) is 5.82 Å². The number of hydrogen-bond donors (Lipinski definition) is 1. The quantitative estimate of drug-likeness (QED) is 0.328. The van der Waals surface area contributed by atoms with E-state index in [9.17, 15) is 0 Å². The van der Waals surface area contributed by atoms with Gasteiger partial charge in [0.05, 0.1) is 28.2 Å². The normalized spacial score (nSPS) is 24.8. The summed E-state index contributed by atoms with van der Waals surface area (Å²) in [5.41, 5.74) is 7.64. The third-order valence-corrected chi connectivity index (χ3v) is 9.43. The predicted molar refractivity (Wildman–Crippen MR) is 148 cm³/mol. The fraction of sp³-hybridized carbons (Fsp3) is 0.375. The molecule has 2 unspecified atom stereocenters. The van der Waals surface area contributed by atoms with Crippen LogP contribution in [0.4, 0.5) is 14.6 Å². The molecule has 1 aromatic carbocycles. The number of benzene rings is 1. The van der Waals surface area contributed by atoms with Crippen molar-refractivity contribution < 1.29 is 8.78 Å². The maximum Gasteiger partial charge on any atom is 0.166 e. The number of aromatic amines is 1. The lowest BCUT2D eigenvalue weighted by Gasteiger charge is -2.44. The minimum Gasteiger partial charge on any atom is -0.362 e. The van der Waals surface area contributed by atoms with Crippen LogP contribution in [0.3, 0.4) is 0 Å². The molecule has 0 amide bonds. The molecule has 2 aliphatic carbocycles. The Morgan fingerprint density at radius 1 is 1.18 bits per heavy atom. The Morgan fingerprint density at radius 2 is 2.03 bits per heavy atom. The maximum absolute atomic E-state index is 16.2. The minimum atomic E-state index is -1.63. The Morgan fingerprint density at radius 3 is 2.79 bits per heavy atom. The van der Waals surface area contributed by atoms with Gasteiger partial charge in [-0.15, -0.1) is 0 Å². The number of hydrogen-bond acceptors (Lipinski definition) is 3. The van der Waals surface area contributed by atoms with Crippen LogP contribution in [0, 0.1) is 5.82 Å². The Labute approximate surface area is 226 Å². The zero-order chi connectivity index (χ0) is 26.7. The first-order valence-corrected chi connectivity index (χ1v) is 14.1. The van der Waals surface area contributed by atoms with E-state index in [4.69, 9.17) is 5.10 Å². The van der Waals surface area contributed by atoms with E-state index in [1.54, 1.807) is 19.1 Å². The molecule has 5 nitrogen and oxygen atoms in total. The molecule has 2 atom stereocenters. The molecule has 5 heterocycles. The number of aromatic nitrogens is 4. The van der Waals surface area contributed by atoms with Crippen molar-refractivity contribution in [2.45, 2.75) is 70.0 Å². The zero-order valence-corrected chi connectivity index (χ0v) is 22.5. The number of allylic oxidation sites excluding steroid dienone is 2. The van der Waals surface area contributed by atoms with E-state index in [0.29, 0.717) is 36.9 Å². The summed E-state index contributed by atoms with van der Waals surface area (Å²) in [6, 6.07) is 9.99. The Balaban J connectivity index is 1.35. The number of alkyl halides is 1. The molecule has 8 rings (SSSR count). The van der Waals surface area contributed by atoms with E-state index in [0.717, 1.165) is 64.2 Å². The highest BCUT2D eigenvalue weighted by Gasteiger charge is 2.52. The van der Waals surface area contributed by atoms with Crippen molar-refractivity contribution in [3.8, 4) is 5.69 Å². The van der Waals surface area contributed by atoms with E-state index >= 15 is 8.78 Å². The summed E-state index contributed by atoms with van der Waals surface area (Å²) >= 11 is 0. The van der Waals surface area contributed by atoms with Gasteiger partial charge in [0, 0.05) is 43.0 Å². The lowest BCUT2D eigenvalue weighted by atomic mass is 9.62. The molecule has 2 aliphatic heterocycles.